The van der Waals surface area contributed by atoms with Gasteiger partial charge < -0.3 is 10.4 Å². The number of carboxylic acid groups (broad SMARTS) is 1. The van der Waals surface area contributed by atoms with Gasteiger partial charge >= 0.3 is 5.97 Å². The Bertz CT molecular complexity index is 496. The summed E-state index contributed by atoms with van der Waals surface area (Å²) in [7, 11) is 0. The first kappa shape index (κ1) is 13.3. The molecule has 1 aromatic rings. The lowest BCUT2D eigenvalue weighted by molar-refractivity contribution is -0.142. The summed E-state index contributed by atoms with van der Waals surface area (Å²) in [6.07, 6.45) is 7.69. The van der Waals surface area contributed by atoms with E-state index >= 15 is 0 Å². The highest BCUT2D eigenvalue weighted by atomic mass is 16.4. The van der Waals surface area contributed by atoms with Crippen molar-refractivity contribution in [2.45, 2.75) is 38.1 Å². The molecule has 0 spiro atoms. The van der Waals surface area contributed by atoms with Crippen LogP contribution in [0, 0.1) is 17.2 Å². The van der Waals surface area contributed by atoms with Crippen LogP contribution in [0.4, 0.5) is 5.69 Å². The lowest BCUT2D eigenvalue weighted by Crippen LogP contribution is -2.34. The number of anilines is 1. The molecule has 1 aliphatic rings. The van der Waals surface area contributed by atoms with Gasteiger partial charge in [-0.2, -0.15) is 5.26 Å². The first-order valence-corrected chi connectivity index (χ1v) is 6.56. The summed E-state index contributed by atoms with van der Waals surface area (Å²) in [6, 6.07) is 3.60. The van der Waals surface area contributed by atoms with E-state index in [0.717, 1.165) is 25.7 Å². The Morgan fingerprint density at radius 2 is 2.21 bits per heavy atom. The number of nitrogens with zero attached hydrogens (tertiary/aromatic N) is 2. The van der Waals surface area contributed by atoms with Crippen molar-refractivity contribution in [3.05, 3.63) is 24.0 Å². The minimum absolute atomic E-state index is 0.128. The highest BCUT2D eigenvalue weighted by molar-refractivity contribution is 5.72. The Kier molecular flexibility index (Phi) is 4.35. The number of pyridine rings is 1. The van der Waals surface area contributed by atoms with Gasteiger partial charge in [-0.25, -0.2) is 0 Å². The van der Waals surface area contributed by atoms with Crippen molar-refractivity contribution in [3.63, 3.8) is 0 Å². The Balaban J connectivity index is 2.19. The standard InChI is InChI=1S/C14H17N3O2/c15-8-10-6-7-16-9-13(10)17-12-5-3-1-2-4-11(12)14(18)19/h6-7,9,11-12,17H,1-5H2,(H,18,19). The molecule has 0 radical (unpaired) electrons. The minimum atomic E-state index is -0.762. The van der Waals surface area contributed by atoms with Crippen LogP contribution in [0.3, 0.4) is 0 Å². The van der Waals surface area contributed by atoms with Crippen LogP contribution in [-0.2, 0) is 4.79 Å². The molecule has 5 heteroatoms. The fourth-order valence-electron chi connectivity index (χ4n) is 2.58. The number of hydrogen-bond donors (Lipinski definition) is 2. The Morgan fingerprint density at radius 1 is 1.42 bits per heavy atom. The molecule has 2 rings (SSSR count). The van der Waals surface area contributed by atoms with E-state index in [1.54, 1.807) is 18.5 Å². The van der Waals surface area contributed by atoms with Crippen LogP contribution in [0.25, 0.3) is 0 Å². The van der Waals surface area contributed by atoms with Crippen molar-refractivity contribution in [2.75, 3.05) is 5.32 Å². The van der Waals surface area contributed by atoms with Crippen LogP contribution in [-0.4, -0.2) is 22.1 Å². The third-order valence-electron chi connectivity index (χ3n) is 3.62. The molecule has 100 valence electrons. The summed E-state index contributed by atoms with van der Waals surface area (Å²) < 4.78 is 0. The Morgan fingerprint density at radius 3 is 2.95 bits per heavy atom. The molecular formula is C14H17N3O2. The second kappa shape index (κ2) is 6.19. The van der Waals surface area contributed by atoms with Crippen molar-refractivity contribution in [2.24, 2.45) is 5.92 Å². The first-order valence-electron chi connectivity index (χ1n) is 6.56. The molecule has 19 heavy (non-hydrogen) atoms. The van der Waals surface area contributed by atoms with Crippen LogP contribution >= 0.6 is 0 Å². The third-order valence-corrected chi connectivity index (χ3v) is 3.62. The molecule has 0 saturated heterocycles. The normalized spacial score (nSPS) is 23.1. The van der Waals surface area contributed by atoms with E-state index in [9.17, 15) is 9.90 Å². The number of hydrogen-bond acceptors (Lipinski definition) is 4. The number of nitrogens with one attached hydrogen (secondary N) is 1. The van der Waals surface area contributed by atoms with Gasteiger partial charge in [-0.15, -0.1) is 0 Å². The smallest absolute Gasteiger partial charge is 0.308 e. The van der Waals surface area contributed by atoms with E-state index < -0.39 is 11.9 Å². The largest absolute Gasteiger partial charge is 0.481 e. The van der Waals surface area contributed by atoms with Crippen molar-refractivity contribution < 1.29 is 9.90 Å². The molecule has 2 atom stereocenters. The average molecular weight is 259 g/mol. The number of rotatable bonds is 3. The molecule has 0 aliphatic heterocycles. The van der Waals surface area contributed by atoms with Crippen LogP contribution in [0.5, 0.6) is 0 Å². The molecule has 0 amide bonds. The number of aromatic nitrogens is 1. The SMILES string of the molecule is N#Cc1ccncc1NC1CCCCCC1C(=O)O. The molecule has 2 N–H and O–H groups in total. The molecule has 1 fully saturated rings. The van der Waals surface area contributed by atoms with Crippen molar-refractivity contribution in [3.8, 4) is 6.07 Å². The van der Waals surface area contributed by atoms with Gasteiger partial charge in [0.05, 0.1) is 23.4 Å². The Hall–Kier alpha value is -2.09. The molecular weight excluding hydrogens is 242 g/mol. The molecule has 1 aliphatic carbocycles. The maximum absolute atomic E-state index is 11.3. The van der Waals surface area contributed by atoms with Gasteiger partial charge in [0.2, 0.25) is 0 Å². The summed E-state index contributed by atoms with van der Waals surface area (Å²) in [6.45, 7) is 0. The fraction of sp³-hybridized carbons (Fsp3) is 0.500. The summed E-state index contributed by atoms with van der Waals surface area (Å²) in [4.78, 5) is 15.3. The second-order valence-corrected chi connectivity index (χ2v) is 4.87. The zero-order valence-corrected chi connectivity index (χ0v) is 10.7. The number of carbonyl (C=O) groups is 1. The lowest BCUT2D eigenvalue weighted by atomic mass is 9.94. The molecule has 1 heterocycles. The molecule has 1 saturated carbocycles. The summed E-state index contributed by atoms with van der Waals surface area (Å²) in [5, 5.41) is 21.6. The predicted octanol–water partition coefficient (Wildman–Crippen LogP) is 2.40. The third kappa shape index (κ3) is 3.22. The van der Waals surface area contributed by atoms with Gasteiger partial charge in [-0.3, -0.25) is 9.78 Å². The van der Waals surface area contributed by atoms with E-state index in [2.05, 4.69) is 16.4 Å². The van der Waals surface area contributed by atoms with Gasteiger partial charge in [0, 0.05) is 12.2 Å². The quantitative estimate of drug-likeness (QED) is 0.814. The number of aliphatic carboxylic acids is 1. The van der Waals surface area contributed by atoms with E-state index in [1.807, 2.05) is 0 Å². The lowest BCUT2D eigenvalue weighted by Gasteiger charge is -2.24. The van der Waals surface area contributed by atoms with Gasteiger partial charge in [-0.1, -0.05) is 19.3 Å². The summed E-state index contributed by atoms with van der Waals surface area (Å²) >= 11 is 0. The fourth-order valence-corrected chi connectivity index (χ4v) is 2.58. The average Bonchev–Trinajstić information content (AvgIpc) is 2.65. The number of nitriles is 1. The van der Waals surface area contributed by atoms with E-state index in [1.165, 1.54) is 0 Å². The predicted molar refractivity (Wildman–Crippen MR) is 70.6 cm³/mol. The highest BCUT2D eigenvalue weighted by Crippen LogP contribution is 2.27. The van der Waals surface area contributed by atoms with Crippen molar-refractivity contribution in [1.29, 1.82) is 5.26 Å². The summed E-state index contributed by atoms with van der Waals surface area (Å²) in [5.74, 6) is -1.16. The van der Waals surface area contributed by atoms with Crippen LogP contribution in [0.2, 0.25) is 0 Å². The minimum Gasteiger partial charge on any atom is -0.481 e. The van der Waals surface area contributed by atoms with Crippen molar-refractivity contribution in [1.82, 2.24) is 4.98 Å². The highest BCUT2D eigenvalue weighted by Gasteiger charge is 2.29. The van der Waals surface area contributed by atoms with Gasteiger partial charge in [-0.05, 0) is 18.9 Å². The second-order valence-electron chi connectivity index (χ2n) is 4.87. The molecule has 1 aromatic heterocycles. The first-order chi connectivity index (χ1) is 9.22. The molecule has 2 unspecified atom stereocenters. The zero-order valence-electron chi connectivity index (χ0n) is 10.7. The van der Waals surface area contributed by atoms with Gasteiger partial charge in [0.15, 0.2) is 0 Å². The Labute approximate surface area is 112 Å². The van der Waals surface area contributed by atoms with E-state index in [-0.39, 0.29) is 6.04 Å². The van der Waals surface area contributed by atoms with Crippen LogP contribution < -0.4 is 5.32 Å². The van der Waals surface area contributed by atoms with Crippen LogP contribution in [0.1, 0.15) is 37.7 Å². The number of carboxylic acids is 1. The van der Waals surface area contributed by atoms with Gasteiger partial charge in [0.25, 0.3) is 0 Å². The monoisotopic (exact) mass is 259 g/mol. The maximum Gasteiger partial charge on any atom is 0.308 e. The van der Waals surface area contributed by atoms with E-state index in [0.29, 0.717) is 17.7 Å². The zero-order chi connectivity index (χ0) is 13.7. The van der Waals surface area contributed by atoms with Gasteiger partial charge in [0.1, 0.15) is 6.07 Å². The summed E-state index contributed by atoms with van der Waals surface area (Å²) in [5.41, 5.74) is 1.13. The van der Waals surface area contributed by atoms with Crippen molar-refractivity contribution >= 4 is 11.7 Å². The topological polar surface area (TPSA) is 86.0 Å². The molecule has 0 aromatic carbocycles. The maximum atomic E-state index is 11.3. The van der Waals surface area contributed by atoms with Crippen LogP contribution in [0.15, 0.2) is 18.5 Å². The van der Waals surface area contributed by atoms with E-state index in [4.69, 9.17) is 5.26 Å². The molecule has 5 nitrogen and oxygen atoms in total. The molecule has 0 bridgehead atoms.